The van der Waals surface area contributed by atoms with E-state index in [-0.39, 0.29) is 5.82 Å². The lowest BCUT2D eigenvalue weighted by atomic mass is 10.0. The third kappa shape index (κ3) is 1.48. The number of nitrogens with zero attached hydrogens (tertiary/aromatic N) is 1. The van der Waals surface area contributed by atoms with E-state index in [2.05, 4.69) is 4.98 Å². The van der Waals surface area contributed by atoms with E-state index in [1.807, 2.05) is 6.92 Å². The Balaban J connectivity index is 2.91. The lowest BCUT2D eigenvalue weighted by molar-refractivity contribution is 0.615. The lowest BCUT2D eigenvalue weighted by Crippen LogP contribution is -1.99. The van der Waals surface area contributed by atoms with E-state index in [4.69, 9.17) is 11.5 Å². The van der Waals surface area contributed by atoms with Crippen molar-refractivity contribution in [2.24, 2.45) is 0 Å². The van der Waals surface area contributed by atoms with Crippen molar-refractivity contribution >= 4 is 22.4 Å². The molecule has 1 aromatic carbocycles. The number of hydrogen-bond acceptors (Lipinski definition) is 3. The predicted octanol–water partition coefficient (Wildman–Crippen LogP) is 2.10. The van der Waals surface area contributed by atoms with E-state index < -0.39 is 0 Å². The molecule has 3 nitrogen and oxygen atoms in total. The van der Waals surface area contributed by atoms with Gasteiger partial charge in [-0.1, -0.05) is 6.92 Å². The second-order valence-corrected chi connectivity index (χ2v) is 3.41. The summed E-state index contributed by atoms with van der Waals surface area (Å²) in [6.07, 6.45) is 0.582. The van der Waals surface area contributed by atoms with Crippen LogP contribution in [0, 0.1) is 5.82 Å². The number of halogens is 1. The Bertz CT molecular complexity index is 523. The first kappa shape index (κ1) is 9.71. The summed E-state index contributed by atoms with van der Waals surface area (Å²) in [6, 6.07) is 4.55. The highest BCUT2D eigenvalue weighted by Crippen LogP contribution is 2.27. The highest BCUT2D eigenvalue weighted by atomic mass is 19.1. The molecule has 0 aliphatic rings. The molecule has 2 aromatic rings. The van der Waals surface area contributed by atoms with E-state index in [1.54, 1.807) is 12.1 Å². The zero-order valence-electron chi connectivity index (χ0n) is 8.42. The van der Waals surface area contributed by atoms with Crippen molar-refractivity contribution in [1.82, 2.24) is 4.98 Å². The van der Waals surface area contributed by atoms with Gasteiger partial charge in [0.25, 0.3) is 0 Å². The van der Waals surface area contributed by atoms with Crippen LogP contribution in [0.1, 0.15) is 12.5 Å². The van der Waals surface area contributed by atoms with Gasteiger partial charge >= 0.3 is 0 Å². The van der Waals surface area contributed by atoms with Crippen molar-refractivity contribution in [1.29, 1.82) is 0 Å². The number of aromatic nitrogens is 1. The van der Waals surface area contributed by atoms with Crippen LogP contribution >= 0.6 is 0 Å². The molecule has 4 heteroatoms. The van der Waals surface area contributed by atoms with Crippen LogP contribution in [-0.4, -0.2) is 4.98 Å². The summed E-state index contributed by atoms with van der Waals surface area (Å²) in [6.45, 7) is 1.88. The largest absolute Gasteiger partial charge is 0.398 e. The van der Waals surface area contributed by atoms with Gasteiger partial charge < -0.3 is 11.5 Å². The summed E-state index contributed by atoms with van der Waals surface area (Å²) >= 11 is 0. The fraction of sp³-hybridized carbons (Fsp3) is 0.182. The number of pyridine rings is 1. The number of hydrogen-bond donors (Lipinski definition) is 2. The average Bonchev–Trinajstić information content (AvgIpc) is 2.18. The SMILES string of the molecule is CCc1c(F)ccc2nc(N)cc(N)c12. The maximum Gasteiger partial charge on any atom is 0.127 e. The minimum Gasteiger partial charge on any atom is -0.398 e. The molecule has 0 bridgehead atoms. The van der Waals surface area contributed by atoms with Gasteiger partial charge in [0, 0.05) is 17.1 Å². The molecule has 1 aromatic heterocycles. The molecule has 1 heterocycles. The van der Waals surface area contributed by atoms with Gasteiger partial charge in [-0.2, -0.15) is 0 Å². The summed E-state index contributed by atoms with van der Waals surface area (Å²) < 4.78 is 13.5. The van der Waals surface area contributed by atoms with Crippen LogP contribution in [0.15, 0.2) is 18.2 Å². The molecular weight excluding hydrogens is 193 g/mol. The Morgan fingerprint density at radius 3 is 2.73 bits per heavy atom. The zero-order valence-corrected chi connectivity index (χ0v) is 8.42. The molecule has 0 aliphatic heterocycles. The van der Waals surface area contributed by atoms with E-state index in [1.165, 1.54) is 6.07 Å². The Morgan fingerprint density at radius 2 is 2.07 bits per heavy atom. The van der Waals surface area contributed by atoms with E-state index >= 15 is 0 Å². The van der Waals surface area contributed by atoms with Crippen molar-refractivity contribution in [3.05, 3.63) is 29.6 Å². The van der Waals surface area contributed by atoms with Crippen LogP contribution in [-0.2, 0) is 6.42 Å². The topological polar surface area (TPSA) is 64.9 Å². The molecule has 0 unspecified atom stereocenters. The Morgan fingerprint density at radius 1 is 1.33 bits per heavy atom. The molecule has 0 fully saturated rings. The van der Waals surface area contributed by atoms with Crippen LogP contribution < -0.4 is 11.5 Å². The molecule has 4 N–H and O–H groups in total. The standard InChI is InChI=1S/C11H12FN3/c1-2-6-7(12)3-4-9-11(6)8(13)5-10(14)15-9/h3-5H,2H2,1H3,(H4,13,14,15). The summed E-state index contributed by atoms with van der Waals surface area (Å²) in [5.74, 6) is 0.108. The third-order valence-corrected chi connectivity index (χ3v) is 2.43. The molecule has 0 spiro atoms. The predicted molar refractivity (Wildman–Crippen MR) is 59.9 cm³/mol. The fourth-order valence-corrected chi connectivity index (χ4v) is 1.77. The van der Waals surface area contributed by atoms with Gasteiger partial charge in [-0.25, -0.2) is 9.37 Å². The van der Waals surface area contributed by atoms with Crippen molar-refractivity contribution in [2.45, 2.75) is 13.3 Å². The number of aryl methyl sites for hydroxylation is 1. The van der Waals surface area contributed by atoms with E-state index in [0.717, 1.165) is 0 Å². The van der Waals surface area contributed by atoms with Gasteiger partial charge in [-0.15, -0.1) is 0 Å². The molecule has 0 atom stereocenters. The van der Waals surface area contributed by atoms with Crippen LogP contribution in [0.3, 0.4) is 0 Å². The average molecular weight is 205 g/mol. The Labute approximate surface area is 86.9 Å². The maximum atomic E-state index is 13.5. The first-order valence-corrected chi connectivity index (χ1v) is 4.76. The molecule has 0 radical (unpaired) electrons. The molecule has 78 valence electrons. The molecule has 2 rings (SSSR count). The molecule has 0 aliphatic carbocycles. The smallest absolute Gasteiger partial charge is 0.127 e. The normalized spacial score (nSPS) is 10.8. The molecule has 0 amide bonds. The Kier molecular flexibility index (Phi) is 2.19. The number of benzene rings is 1. The van der Waals surface area contributed by atoms with Gasteiger partial charge in [0.15, 0.2) is 0 Å². The molecule has 0 saturated carbocycles. The maximum absolute atomic E-state index is 13.5. The van der Waals surface area contributed by atoms with Crippen LogP contribution in [0.4, 0.5) is 15.9 Å². The van der Waals surface area contributed by atoms with Gasteiger partial charge in [0.05, 0.1) is 5.52 Å². The number of rotatable bonds is 1. The number of anilines is 2. The summed E-state index contributed by atoms with van der Waals surface area (Å²) in [5, 5.41) is 0.673. The second-order valence-electron chi connectivity index (χ2n) is 3.41. The number of fused-ring (bicyclic) bond motifs is 1. The van der Waals surface area contributed by atoms with Gasteiger partial charge in [0.2, 0.25) is 0 Å². The quantitative estimate of drug-likeness (QED) is 0.749. The molecular formula is C11H12FN3. The summed E-state index contributed by atoms with van der Waals surface area (Å²) in [4.78, 5) is 4.12. The van der Waals surface area contributed by atoms with Gasteiger partial charge in [-0.3, -0.25) is 0 Å². The lowest BCUT2D eigenvalue weighted by Gasteiger charge is -2.08. The van der Waals surface area contributed by atoms with Crippen molar-refractivity contribution < 1.29 is 4.39 Å². The number of nitrogens with two attached hydrogens (primary N) is 2. The van der Waals surface area contributed by atoms with Crippen LogP contribution in [0.25, 0.3) is 10.9 Å². The van der Waals surface area contributed by atoms with Gasteiger partial charge in [0.1, 0.15) is 11.6 Å². The monoisotopic (exact) mass is 205 g/mol. The van der Waals surface area contributed by atoms with E-state index in [0.29, 0.717) is 34.4 Å². The van der Waals surface area contributed by atoms with Crippen molar-refractivity contribution in [2.75, 3.05) is 11.5 Å². The first-order chi connectivity index (χ1) is 7.13. The van der Waals surface area contributed by atoms with Crippen LogP contribution in [0.2, 0.25) is 0 Å². The number of nitrogen functional groups attached to an aromatic ring is 2. The summed E-state index contributed by atoms with van der Waals surface area (Å²) in [5.41, 5.74) is 13.1. The molecule has 15 heavy (non-hydrogen) atoms. The van der Waals surface area contributed by atoms with Crippen molar-refractivity contribution in [3.8, 4) is 0 Å². The molecule has 0 saturated heterocycles. The zero-order chi connectivity index (χ0) is 11.0. The summed E-state index contributed by atoms with van der Waals surface area (Å²) in [7, 11) is 0. The Hall–Kier alpha value is -1.84. The fourth-order valence-electron chi connectivity index (χ4n) is 1.77. The minimum atomic E-state index is -0.247. The minimum absolute atomic E-state index is 0.247. The van der Waals surface area contributed by atoms with E-state index in [9.17, 15) is 4.39 Å². The first-order valence-electron chi connectivity index (χ1n) is 4.76. The third-order valence-electron chi connectivity index (χ3n) is 2.43. The highest BCUT2D eigenvalue weighted by molar-refractivity contribution is 5.94. The van der Waals surface area contributed by atoms with Gasteiger partial charge in [-0.05, 0) is 24.1 Å². The van der Waals surface area contributed by atoms with Crippen LogP contribution in [0.5, 0.6) is 0 Å². The van der Waals surface area contributed by atoms with Crippen molar-refractivity contribution in [3.63, 3.8) is 0 Å². The second kappa shape index (κ2) is 3.38. The highest BCUT2D eigenvalue weighted by Gasteiger charge is 2.10.